The summed E-state index contributed by atoms with van der Waals surface area (Å²) in [5.41, 5.74) is 2.15. The van der Waals surface area contributed by atoms with E-state index >= 15 is 0 Å². The van der Waals surface area contributed by atoms with E-state index in [4.69, 9.17) is 4.74 Å². The van der Waals surface area contributed by atoms with Gasteiger partial charge in [0.1, 0.15) is 0 Å². The van der Waals surface area contributed by atoms with Crippen molar-refractivity contribution < 1.29 is 18.1 Å². The topological polar surface area (TPSA) is 89.8 Å². The summed E-state index contributed by atoms with van der Waals surface area (Å²) >= 11 is 0. The standard InChI is InChI=1S/C17H18N2O5S/c1-18(11-16-10-13-4-2-3-5-14(13)12-24-16)25(22,23)17-8-6-15(7-9-17)19(20)21/h2-9,16H,10-12H2,1H3. The molecule has 25 heavy (non-hydrogen) atoms. The lowest BCUT2D eigenvalue weighted by Crippen LogP contribution is -2.38. The van der Waals surface area contributed by atoms with E-state index in [0.717, 1.165) is 5.56 Å². The van der Waals surface area contributed by atoms with Crippen LogP contribution in [-0.4, -0.2) is 37.3 Å². The van der Waals surface area contributed by atoms with Crippen molar-refractivity contribution in [3.8, 4) is 0 Å². The molecule has 2 aromatic rings. The number of nitrogens with zero attached hydrogens (tertiary/aromatic N) is 2. The summed E-state index contributed by atoms with van der Waals surface area (Å²) in [4.78, 5) is 10.2. The van der Waals surface area contributed by atoms with Gasteiger partial charge in [0.2, 0.25) is 10.0 Å². The van der Waals surface area contributed by atoms with Crippen LogP contribution in [-0.2, 0) is 27.8 Å². The molecule has 0 fully saturated rings. The number of nitro groups is 1. The lowest BCUT2D eigenvalue weighted by molar-refractivity contribution is -0.384. The maximum Gasteiger partial charge on any atom is 0.269 e. The van der Waals surface area contributed by atoms with Gasteiger partial charge in [-0.3, -0.25) is 10.1 Å². The molecule has 0 saturated heterocycles. The molecule has 2 aromatic carbocycles. The Balaban J connectivity index is 1.72. The number of rotatable bonds is 5. The van der Waals surface area contributed by atoms with Crippen molar-refractivity contribution in [3.05, 3.63) is 69.8 Å². The number of likely N-dealkylation sites (N-methyl/N-ethyl adjacent to an activating group) is 1. The summed E-state index contributed by atoms with van der Waals surface area (Å²) in [7, 11) is -2.24. The Kier molecular flexibility index (Phi) is 4.85. The summed E-state index contributed by atoms with van der Waals surface area (Å²) in [5, 5.41) is 10.7. The molecule has 8 heteroatoms. The van der Waals surface area contributed by atoms with Crippen LogP contribution in [0.25, 0.3) is 0 Å². The third kappa shape index (κ3) is 3.71. The van der Waals surface area contributed by atoms with Crippen molar-refractivity contribution in [2.75, 3.05) is 13.6 Å². The highest BCUT2D eigenvalue weighted by atomic mass is 32.2. The van der Waals surface area contributed by atoms with E-state index in [1.807, 2.05) is 24.3 Å². The molecule has 0 spiro atoms. The van der Waals surface area contributed by atoms with Crippen molar-refractivity contribution in [2.45, 2.75) is 24.0 Å². The highest BCUT2D eigenvalue weighted by molar-refractivity contribution is 7.89. The molecule has 3 rings (SSSR count). The zero-order valence-corrected chi connectivity index (χ0v) is 14.5. The van der Waals surface area contributed by atoms with Gasteiger partial charge in [-0.25, -0.2) is 8.42 Å². The van der Waals surface area contributed by atoms with E-state index < -0.39 is 14.9 Å². The van der Waals surface area contributed by atoms with Gasteiger partial charge in [-0.05, 0) is 23.3 Å². The zero-order valence-electron chi connectivity index (χ0n) is 13.7. The van der Waals surface area contributed by atoms with Gasteiger partial charge in [0, 0.05) is 32.1 Å². The molecule has 1 unspecified atom stereocenters. The average molecular weight is 362 g/mol. The van der Waals surface area contributed by atoms with Gasteiger partial charge in [-0.1, -0.05) is 24.3 Å². The maximum absolute atomic E-state index is 12.6. The molecule has 7 nitrogen and oxygen atoms in total. The van der Waals surface area contributed by atoms with E-state index in [1.54, 1.807) is 0 Å². The molecular formula is C17H18N2O5S. The Bertz CT molecular complexity index is 880. The number of non-ortho nitro benzene ring substituents is 1. The third-order valence-electron chi connectivity index (χ3n) is 4.26. The maximum atomic E-state index is 12.6. The number of hydrogen-bond donors (Lipinski definition) is 0. The lowest BCUT2D eigenvalue weighted by Gasteiger charge is -2.28. The molecule has 1 heterocycles. The van der Waals surface area contributed by atoms with Crippen molar-refractivity contribution in [1.29, 1.82) is 0 Å². The quantitative estimate of drug-likeness (QED) is 0.602. The molecule has 0 amide bonds. The molecule has 0 aromatic heterocycles. The molecule has 1 aliphatic heterocycles. The van der Waals surface area contributed by atoms with Gasteiger partial charge in [0.25, 0.3) is 5.69 Å². The fourth-order valence-corrected chi connectivity index (χ4v) is 4.03. The van der Waals surface area contributed by atoms with Gasteiger partial charge in [-0.2, -0.15) is 4.31 Å². The van der Waals surface area contributed by atoms with Crippen molar-refractivity contribution >= 4 is 15.7 Å². The van der Waals surface area contributed by atoms with Gasteiger partial charge < -0.3 is 4.74 Å². The Morgan fingerprint density at radius 2 is 1.80 bits per heavy atom. The van der Waals surface area contributed by atoms with Crippen LogP contribution in [0.4, 0.5) is 5.69 Å². The number of nitro benzene ring substituents is 1. The highest BCUT2D eigenvalue weighted by Gasteiger charge is 2.27. The van der Waals surface area contributed by atoms with Crippen molar-refractivity contribution in [3.63, 3.8) is 0 Å². The molecule has 0 aliphatic carbocycles. The fraction of sp³-hybridized carbons (Fsp3) is 0.294. The monoisotopic (exact) mass is 362 g/mol. The Morgan fingerprint density at radius 1 is 1.16 bits per heavy atom. The van der Waals surface area contributed by atoms with Crippen molar-refractivity contribution in [2.24, 2.45) is 0 Å². The van der Waals surface area contributed by atoms with E-state index in [0.29, 0.717) is 13.0 Å². The minimum atomic E-state index is -3.73. The van der Waals surface area contributed by atoms with Crippen LogP contribution in [0.15, 0.2) is 53.4 Å². The third-order valence-corrected chi connectivity index (χ3v) is 6.09. The Morgan fingerprint density at radius 3 is 2.44 bits per heavy atom. The smallest absolute Gasteiger partial charge is 0.269 e. The number of benzene rings is 2. The summed E-state index contributed by atoms with van der Waals surface area (Å²) in [5.74, 6) is 0. The number of hydrogen-bond acceptors (Lipinski definition) is 5. The first kappa shape index (κ1) is 17.5. The predicted molar refractivity (Wildman–Crippen MR) is 91.6 cm³/mol. The van der Waals surface area contributed by atoms with Gasteiger partial charge >= 0.3 is 0 Å². The van der Waals surface area contributed by atoms with Crippen LogP contribution >= 0.6 is 0 Å². The predicted octanol–water partition coefficient (Wildman–Crippen LogP) is 2.36. The highest BCUT2D eigenvalue weighted by Crippen LogP contribution is 2.23. The Hall–Kier alpha value is -2.29. The molecule has 0 N–H and O–H groups in total. The number of fused-ring (bicyclic) bond motifs is 1. The first-order chi connectivity index (χ1) is 11.9. The summed E-state index contributed by atoms with van der Waals surface area (Å²) in [6, 6.07) is 12.8. The second-order valence-electron chi connectivity index (χ2n) is 5.94. The van der Waals surface area contributed by atoms with Crippen LogP contribution in [0, 0.1) is 10.1 Å². The molecule has 1 aliphatic rings. The van der Waals surface area contributed by atoms with Gasteiger partial charge in [0.15, 0.2) is 0 Å². The summed E-state index contributed by atoms with van der Waals surface area (Å²) in [6.07, 6.45) is 0.420. The zero-order chi connectivity index (χ0) is 18.0. The SMILES string of the molecule is CN(CC1Cc2ccccc2CO1)S(=O)(=O)c1ccc([N+](=O)[O-])cc1. The molecule has 1 atom stereocenters. The lowest BCUT2D eigenvalue weighted by atomic mass is 9.99. The second-order valence-corrected chi connectivity index (χ2v) is 7.99. The van der Waals surface area contributed by atoms with Crippen LogP contribution < -0.4 is 0 Å². The fourth-order valence-electron chi connectivity index (χ4n) is 2.83. The Labute approximate surface area is 146 Å². The molecular weight excluding hydrogens is 344 g/mol. The average Bonchev–Trinajstić information content (AvgIpc) is 2.61. The number of ether oxygens (including phenoxy) is 1. The first-order valence-electron chi connectivity index (χ1n) is 7.77. The summed E-state index contributed by atoms with van der Waals surface area (Å²) in [6.45, 7) is 0.680. The van der Waals surface area contributed by atoms with Crippen LogP contribution in [0.2, 0.25) is 0 Å². The van der Waals surface area contributed by atoms with Crippen LogP contribution in [0.1, 0.15) is 11.1 Å². The van der Waals surface area contributed by atoms with E-state index in [1.165, 1.54) is 41.2 Å². The van der Waals surface area contributed by atoms with E-state index in [-0.39, 0.29) is 23.2 Å². The van der Waals surface area contributed by atoms with Crippen LogP contribution in [0.3, 0.4) is 0 Å². The molecule has 0 saturated carbocycles. The largest absolute Gasteiger partial charge is 0.372 e. The minimum Gasteiger partial charge on any atom is -0.372 e. The minimum absolute atomic E-state index is 0.0248. The molecule has 0 bridgehead atoms. The molecule has 0 radical (unpaired) electrons. The summed E-state index contributed by atoms with van der Waals surface area (Å²) < 4.78 is 32.3. The van der Waals surface area contributed by atoms with Crippen molar-refractivity contribution in [1.82, 2.24) is 4.31 Å². The first-order valence-corrected chi connectivity index (χ1v) is 9.21. The van der Waals surface area contributed by atoms with E-state index in [2.05, 4.69) is 0 Å². The molecule has 132 valence electrons. The van der Waals surface area contributed by atoms with Gasteiger partial charge in [0.05, 0.1) is 22.5 Å². The normalized spacial score (nSPS) is 17.3. The number of sulfonamides is 1. The van der Waals surface area contributed by atoms with Gasteiger partial charge in [-0.15, -0.1) is 0 Å². The second kappa shape index (κ2) is 6.91. The van der Waals surface area contributed by atoms with E-state index in [9.17, 15) is 18.5 Å². The van der Waals surface area contributed by atoms with Crippen LogP contribution in [0.5, 0.6) is 0 Å².